The topological polar surface area (TPSA) is 127 Å². The maximum atomic E-state index is 12.3. The van der Waals surface area contributed by atoms with E-state index < -0.39 is 52.4 Å². The van der Waals surface area contributed by atoms with Gasteiger partial charge in [-0.3, -0.25) is 4.79 Å². The first kappa shape index (κ1) is 22.2. The summed E-state index contributed by atoms with van der Waals surface area (Å²) in [6.45, 7) is 11.0. The van der Waals surface area contributed by atoms with Crippen molar-refractivity contribution in [2.75, 3.05) is 0 Å². The second-order valence-corrected chi connectivity index (χ2v) is 11.0. The van der Waals surface area contributed by atoms with Crippen molar-refractivity contribution in [1.82, 2.24) is 0 Å². The summed E-state index contributed by atoms with van der Waals surface area (Å²) < 4.78 is 5.89. The van der Waals surface area contributed by atoms with Crippen molar-refractivity contribution in [3.63, 3.8) is 0 Å². The Kier molecular flexibility index (Phi) is 4.82. The van der Waals surface area contributed by atoms with Crippen molar-refractivity contribution in [2.24, 2.45) is 28.6 Å². The minimum atomic E-state index is -1.79. The number of hydrogen-bond donors (Lipinski definition) is 5. The van der Waals surface area contributed by atoms with Crippen molar-refractivity contribution in [1.29, 1.82) is 0 Å². The number of esters is 1. The molecule has 2 bridgehead atoms. The van der Waals surface area contributed by atoms with Crippen LogP contribution in [0.25, 0.3) is 0 Å². The Morgan fingerprint density at radius 2 is 1.80 bits per heavy atom. The quantitative estimate of drug-likeness (QED) is 0.329. The second kappa shape index (κ2) is 6.51. The van der Waals surface area contributed by atoms with Gasteiger partial charge in [-0.25, -0.2) is 0 Å². The molecule has 10 atom stereocenters. The number of aliphatic hydroxyl groups excluding tert-OH is 3. The van der Waals surface area contributed by atoms with Crippen molar-refractivity contribution >= 4 is 5.97 Å². The third kappa shape index (κ3) is 2.47. The number of aliphatic hydroxyl groups is 5. The summed E-state index contributed by atoms with van der Waals surface area (Å²) in [7, 11) is 0. The lowest BCUT2D eigenvalue weighted by atomic mass is 9.61. The fourth-order valence-corrected chi connectivity index (χ4v) is 7.73. The van der Waals surface area contributed by atoms with Gasteiger partial charge in [0.2, 0.25) is 0 Å². The zero-order chi connectivity index (χ0) is 22.4. The summed E-state index contributed by atoms with van der Waals surface area (Å²) in [5, 5.41) is 56.0. The van der Waals surface area contributed by atoms with Crippen LogP contribution in [0.1, 0.15) is 59.8 Å². The van der Waals surface area contributed by atoms with Crippen LogP contribution in [0.4, 0.5) is 0 Å². The molecule has 7 heteroatoms. The number of fused-ring (bicyclic) bond motifs is 2. The van der Waals surface area contributed by atoms with Gasteiger partial charge in [0, 0.05) is 29.1 Å². The third-order valence-electron chi connectivity index (χ3n) is 9.26. The highest BCUT2D eigenvalue weighted by atomic mass is 16.5. The highest BCUT2D eigenvalue weighted by molar-refractivity contribution is 5.69. The van der Waals surface area contributed by atoms with E-state index in [0.717, 1.165) is 0 Å². The van der Waals surface area contributed by atoms with E-state index in [1.807, 2.05) is 0 Å². The lowest BCUT2D eigenvalue weighted by molar-refractivity contribution is -0.182. The largest absolute Gasteiger partial charge is 0.461 e. The van der Waals surface area contributed by atoms with Gasteiger partial charge in [0.05, 0.1) is 23.9 Å². The molecule has 4 saturated carbocycles. The van der Waals surface area contributed by atoms with Crippen molar-refractivity contribution in [2.45, 2.75) is 95.4 Å². The van der Waals surface area contributed by atoms with Crippen LogP contribution in [0.2, 0.25) is 0 Å². The van der Waals surface area contributed by atoms with Crippen LogP contribution in [-0.4, -0.2) is 67.1 Å². The van der Waals surface area contributed by atoms with Gasteiger partial charge in [-0.2, -0.15) is 0 Å². The van der Waals surface area contributed by atoms with E-state index in [4.69, 9.17) is 4.74 Å². The van der Waals surface area contributed by atoms with Crippen LogP contribution >= 0.6 is 0 Å². The molecule has 30 heavy (non-hydrogen) atoms. The molecule has 0 radical (unpaired) electrons. The molecule has 0 aromatic carbocycles. The molecular weight excluding hydrogens is 388 g/mol. The van der Waals surface area contributed by atoms with Crippen molar-refractivity contribution < 1.29 is 35.1 Å². The second-order valence-electron chi connectivity index (χ2n) is 11.0. The van der Waals surface area contributed by atoms with Gasteiger partial charge < -0.3 is 30.3 Å². The van der Waals surface area contributed by atoms with E-state index in [9.17, 15) is 30.3 Å². The maximum absolute atomic E-state index is 12.3. The van der Waals surface area contributed by atoms with Crippen LogP contribution in [-0.2, 0) is 9.53 Å². The molecule has 4 aliphatic carbocycles. The molecule has 0 amide bonds. The van der Waals surface area contributed by atoms with Gasteiger partial charge in [0.1, 0.15) is 11.7 Å². The van der Waals surface area contributed by atoms with E-state index in [1.165, 1.54) is 0 Å². The molecule has 4 aliphatic rings. The molecule has 5 N–H and O–H groups in total. The number of hydrogen-bond acceptors (Lipinski definition) is 7. The molecule has 1 spiro atoms. The molecule has 170 valence electrons. The predicted octanol–water partition coefficient (Wildman–Crippen LogP) is 0.905. The van der Waals surface area contributed by atoms with Gasteiger partial charge in [-0.15, -0.1) is 0 Å². The molecule has 4 rings (SSSR count). The lowest BCUT2D eigenvalue weighted by Crippen LogP contribution is -2.57. The first-order chi connectivity index (χ1) is 13.8. The van der Waals surface area contributed by atoms with Crippen LogP contribution in [0.15, 0.2) is 12.2 Å². The van der Waals surface area contributed by atoms with Gasteiger partial charge in [-0.05, 0) is 38.5 Å². The summed E-state index contributed by atoms with van der Waals surface area (Å²) >= 11 is 0. The average Bonchev–Trinajstić information content (AvgIpc) is 2.83. The minimum Gasteiger partial charge on any atom is -0.461 e. The number of rotatable bonds is 2. The summed E-state index contributed by atoms with van der Waals surface area (Å²) in [5.74, 6) is -1.80. The summed E-state index contributed by atoms with van der Waals surface area (Å²) in [6.07, 6.45) is -2.48. The van der Waals surface area contributed by atoms with E-state index in [0.29, 0.717) is 24.8 Å². The Bertz CT molecular complexity index is 761. The maximum Gasteiger partial charge on any atom is 0.305 e. The molecule has 0 unspecified atom stereocenters. The monoisotopic (exact) mass is 424 g/mol. The normalized spacial score (nSPS) is 54.3. The fraction of sp³-hybridized carbons (Fsp3) is 0.870. The van der Waals surface area contributed by atoms with Crippen LogP contribution in [0, 0.1) is 28.6 Å². The Hall–Kier alpha value is -0.990. The highest BCUT2D eigenvalue weighted by Crippen LogP contribution is 2.69. The Morgan fingerprint density at radius 1 is 1.17 bits per heavy atom. The molecule has 0 aliphatic heterocycles. The Labute approximate surface area is 177 Å². The van der Waals surface area contributed by atoms with Gasteiger partial charge in [0.15, 0.2) is 0 Å². The number of carbonyl (C=O) groups is 1. The molecule has 0 saturated heterocycles. The fourth-order valence-electron chi connectivity index (χ4n) is 7.73. The third-order valence-corrected chi connectivity index (χ3v) is 9.26. The zero-order valence-corrected chi connectivity index (χ0v) is 18.3. The minimum absolute atomic E-state index is 0.0981. The lowest BCUT2D eigenvalue weighted by Gasteiger charge is -2.47. The van der Waals surface area contributed by atoms with Crippen LogP contribution in [0.3, 0.4) is 0 Å². The van der Waals surface area contributed by atoms with Crippen molar-refractivity contribution in [3.8, 4) is 0 Å². The van der Waals surface area contributed by atoms with E-state index >= 15 is 0 Å². The number of carbonyl (C=O) groups excluding carboxylic acids is 1. The zero-order valence-electron chi connectivity index (χ0n) is 18.3. The predicted molar refractivity (Wildman–Crippen MR) is 108 cm³/mol. The Balaban J connectivity index is 1.86. The molecule has 0 aromatic rings. The van der Waals surface area contributed by atoms with Crippen LogP contribution in [0.5, 0.6) is 0 Å². The first-order valence-corrected chi connectivity index (χ1v) is 11.1. The first-order valence-electron chi connectivity index (χ1n) is 11.1. The van der Waals surface area contributed by atoms with E-state index in [1.54, 1.807) is 27.7 Å². The molecule has 4 fully saturated rings. The standard InChI is InChI=1S/C23H36O7/c1-6-15(25)30-19-13-8-7-12-11(2)16-17(26)18(27)20(3,4)23(16,29)14(24)9-22(12,19)10-21(13,5)28/h12-14,16-19,24,26-29H,2,6-10H2,1,3-5H3/t12-,13+,14+,16+,17+,18-,19+,21+,22-,23+/m0/s1. The van der Waals surface area contributed by atoms with E-state index in [-0.39, 0.29) is 30.6 Å². The summed E-state index contributed by atoms with van der Waals surface area (Å²) in [6, 6.07) is 0. The highest BCUT2D eigenvalue weighted by Gasteiger charge is 2.75. The van der Waals surface area contributed by atoms with Crippen LogP contribution < -0.4 is 0 Å². The SMILES string of the molecule is C=C1[C@@H]2[C@@H](O)[C@H](O)C(C)(C)[C@@]2(O)[C@H](O)C[C@]23C[C@@](C)(O)[C@H](CC[C@@H]12)[C@H]3OC(=O)CC. The van der Waals surface area contributed by atoms with Gasteiger partial charge in [0.25, 0.3) is 0 Å². The van der Waals surface area contributed by atoms with Crippen molar-refractivity contribution in [3.05, 3.63) is 12.2 Å². The average molecular weight is 425 g/mol. The Morgan fingerprint density at radius 3 is 2.40 bits per heavy atom. The molecule has 0 aromatic heterocycles. The smallest absolute Gasteiger partial charge is 0.305 e. The number of ether oxygens (including phenoxy) is 1. The molecule has 7 nitrogen and oxygen atoms in total. The summed E-state index contributed by atoms with van der Waals surface area (Å²) in [5.41, 5.74) is -4.27. The van der Waals surface area contributed by atoms with Gasteiger partial charge in [-0.1, -0.05) is 32.9 Å². The van der Waals surface area contributed by atoms with Gasteiger partial charge >= 0.3 is 5.97 Å². The molecule has 0 heterocycles. The van der Waals surface area contributed by atoms with E-state index in [2.05, 4.69) is 6.58 Å². The molecular formula is C23H36O7. The summed E-state index contributed by atoms with van der Waals surface area (Å²) in [4.78, 5) is 12.3.